The zero-order valence-corrected chi connectivity index (χ0v) is 50.3. The number of hydrogen-bond acceptors (Lipinski definition) is 17. The van der Waals surface area contributed by atoms with E-state index in [0.717, 1.165) is 0 Å². The molecule has 0 saturated carbocycles. The van der Waals surface area contributed by atoms with Crippen LogP contribution in [0.2, 0.25) is 0 Å². The molecular formula is C56H92N6O17. The Balaban J connectivity index is 2.73. The molecule has 0 aromatic carbocycles. The lowest BCUT2D eigenvalue weighted by molar-refractivity contribution is -0.197. The number of aromatic nitrogens is 1. The number of unbranched alkanes of at least 4 members (excludes halogenated alkanes) is 3. The molecule has 4 N–H and O–H groups in total. The predicted molar refractivity (Wildman–Crippen MR) is 290 cm³/mol. The first kappa shape index (κ1) is 68.7. The summed E-state index contributed by atoms with van der Waals surface area (Å²) in [6.07, 6.45) is 0.845. The lowest BCUT2D eigenvalue weighted by Gasteiger charge is -2.27. The molecule has 0 spiro atoms. The number of carbonyl (C=O) groups is 10. The highest BCUT2D eigenvalue weighted by atomic mass is 16.7. The first-order valence-corrected chi connectivity index (χ1v) is 27.2. The maximum atomic E-state index is 14.7. The van der Waals surface area contributed by atoms with Gasteiger partial charge in [0.1, 0.15) is 57.4 Å². The predicted octanol–water partition coefficient (Wildman–Crippen LogP) is 8.13. The molecule has 23 heteroatoms. The van der Waals surface area contributed by atoms with Crippen molar-refractivity contribution in [3.8, 4) is 0 Å². The Morgan fingerprint density at radius 1 is 0.494 bits per heavy atom. The third kappa shape index (κ3) is 28.3. The lowest BCUT2D eigenvalue weighted by atomic mass is 9.97. The zero-order valence-electron chi connectivity index (χ0n) is 50.3. The summed E-state index contributed by atoms with van der Waals surface area (Å²) in [6.45, 7) is 30.6. The van der Waals surface area contributed by atoms with Gasteiger partial charge < -0.3 is 59.1 Å². The van der Waals surface area contributed by atoms with E-state index in [4.69, 9.17) is 33.3 Å². The van der Waals surface area contributed by atoms with Gasteiger partial charge in [0.2, 0.25) is 0 Å². The monoisotopic (exact) mass is 1120 g/mol. The number of rotatable bonds is 25. The van der Waals surface area contributed by atoms with E-state index in [2.05, 4.69) is 21.3 Å². The Labute approximate surface area is 466 Å². The SMILES string of the molecule is CC(C)(C)OC(=O)N[C@@H](CCCCn1cc(CC[C@H](NC(=O)OC(C)(C)C)C(=O)OC(C)(C)C)c(CC[C@H](NC(=O)OC(C)(C)C)C(=O)OC(C)(C)C)c1C(=O)NCCCCCC(=O)ON1C(=O)CCC1=O)C(=O)OC(C)(C)C. The van der Waals surface area contributed by atoms with E-state index in [1.807, 2.05) is 0 Å². The average Bonchev–Trinajstić information content (AvgIpc) is 3.75. The maximum absolute atomic E-state index is 14.7. The van der Waals surface area contributed by atoms with Crippen molar-refractivity contribution in [1.82, 2.24) is 30.9 Å². The Bertz CT molecular complexity index is 2280. The van der Waals surface area contributed by atoms with Gasteiger partial charge >= 0.3 is 42.2 Å². The van der Waals surface area contributed by atoms with Crippen LogP contribution in [-0.2, 0) is 81.4 Å². The van der Waals surface area contributed by atoms with E-state index in [0.29, 0.717) is 48.3 Å². The minimum atomic E-state index is -1.28. The molecule has 0 unspecified atom stereocenters. The fraction of sp³-hybridized carbons (Fsp3) is 0.750. The van der Waals surface area contributed by atoms with Crippen LogP contribution in [0.3, 0.4) is 0 Å². The van der Waals surface area contributed by atoms with Gasteiger partial charge in [0.05, 0.1) is 0 Å². The van der Waals surface area contributed by atoms with Crippen LogP contribution >= 0.6 is 0 Å². The van der Waals surface area contributed by atoms with Gasteiger partial charge in [-0.1, -0.05) is 6.42 Å². The number of hydroxylamine groups is 2. The summed E-state index contributed by atoms with van der Waals surface area (Å²) in [5.41, 5.74) is -4.31. The smallest absolute Gasteiger partial charge is 0.408 e. The summed E-state index contributed by atoms with van der Waals surface area (Å²) in [5, 5.41) is 11.4. The minimum absolute atomic E-state index is 0.0218. The Morgan fingerprint density at radius 3 is 1.29 bits per heavy atom. The fourth-order valence-corrected chi connectivity index (χ4v) is 7.69. The first-order valence-electron chi connectivity index (χ1n) is 27.2. The van der Waals surface area contributed by atoms with E-state index < -0.39 is 112 Å². The summed E-state index contributed by atoms with van der Waals surface area (Å²) in [4.78, 5) is 137. The van der Waals surface area contributed by atoms with Crippen molar-refractivity contribution in [1.29, 1.82) is 0 Å². The molecule has 1 fully saturated rings. The number of amides is 6. The van der Waals surface area contributed by atoms with E-state index >= 15 is 0 Å². The quantitative estimate of drug-likeness (QED) is 0.0311. The number of alkyl carbamates (subject to hydrolysis) is 3. The van der Waals surface area contributed by atoms with Gasteiger partial charge in [0.15, 0.2) is 0 Å². The number of nitrogens with one attached hydrogen (secondary N) is 4. The van der Waals surface area contributed by atoms with Crippen molar-refractivity contribution in [3.63, 3.8) is 0 Å². The Morgan fingerprint density at radius 2 is 0.886 bits per heavy atom. The first-order chi connectivity index (χ1) is 36.0. The molecule has 1 saturated heterocycles. The van der Waals surface area contributed by atoms with Gasteiger partial charge in [-0.25, -0.2) is 33.6 Å². The van der Waals surface area contributed by atoms with E-state index in [1.165, 1.54) is 0 Å². The summed E-state index contributed by atoms with van der Waals surface area (Å²) in [7, 11) is 0. The number of carbonyl (C=O) groups excluding carboxylic acids is 10. The average molecular weight is 1120 g/mol. The molecule has 23 nitrogen and oxygen atoms in total. The molecule has 0 bridgehead atoms. The van der Waals surface area contributed by atoms with Gasteiger partial charge in [0, 0.05) is 38.5 Å². The highest BCUT2D eigenvalue weighted by Gasteiger charge is 2.35. The largest absolute Gasteiger partial charge is 0.458 e. The lowest BCUT2D eigenvalue weighted by Crippen LogP contribution is -2.46. The summed E-state index contributed by atoms with van der Waals surface area (Å²) in [5.74, 6) is -4.64. The van der Waals surface area contributed by atoms with Gasteiger partial charge in [0.25, 0.3) is 17.7 Å². The van der Waals surface area contributed by atoms with Crippen LogP contribution in [0.25, 0.3) is 0 Å². The topological polar surface area (TPSA) is 292 Å². The molecule has 1 aromatic rings. The van der Waals surface area contributed by atoms with Crippen molar-refractivity contribution in [3.05, 3.63) is 23.0 Å². The Kier molecular flexibility index (Phi) is 25.4. The second-order valence-electron chi connectivity index (χ2n) is 25.6. The maximum Gasteiger partial charge on any atom is 0.408 e. The van der Waals surface area contributed by atoms with Gasteiger partial charge in [-0.2, -0.15) is 0 Å². The van der Waals surface area contributed by atoms with Crippen LogP contribution in [0.1, 0.15) is 217 Å². The number of imide groups is 1. The number of ether oxygens (including phenoxy) is 6. The van der Waals surface area contributed by atoms with Gasteiger partial charge in [-0.15, -0.1) is 5.06 Å². The molecule has 3 atom stereocenters. The standard InChI is InChI=1S/C56H92N6O17/c1-51(2,3)73-45(67)37(58-48(70)76-54(10,11)12)24-21-23-33-61-34-35(26-28-38(46(68)74-52(4,5)6)59-49(71)77-55(13,14)15)36(27-29-39(47(69)75-53(7,8)9)60-50(72)78-56(16,17)18)43(61)44(66)57-32-22-19-20-25-42(65)79-62-40(63)30-31-41(62)64/h34,37-39H,19-33H2,1-18H3,(H,57,66)(H,58,70)(H,59,71)(H,60,72)/t37-,38-,39-/m0/s1. The molecule has 6 amide bonds. The van der Waals surface area contributed by atoms with Crippen molar-refractivity contribution >= 4 is 59.9 Å². The highest BCUT2D eigenvalue weighted by Crippen LogP contribution is 2.26. The number of nitrogens with zero attached hydrogens (tertiary/aromatic N) is 2. The van der Waals surface area contributed by atoms with Crippen LogP contribution in [0.15, 0.2) is 6.20 Å². The van der Waals surface area contributed by atoms with Crippen LogP contribution in [-0.4, -0.2) is 128 Å². The molecule has 448 valence electrons. The van der Waals surface area contributed by atoms with Gasteiger partial charge in [-0.3, -0.25) is 14.4 Å². The third-order valence-corrected chi connectivity index (χ3v) is 10.7. The second-order valence-corrected chi connectivity index (χ2v) is 25.6. The Hall–Kier alpha value is -6.42. The van der Waals surface area contributed by atoms with E-state index in [1.54, 1.807) is 135 Å². The van der Waals surface area contributed by atoms with Crippen LogP contribution in [0.5, 0.6) is 0 Å². The summed E-state index contributed by atoms with van der Waals surface area (Å²) >= 11 is 0. The van der Waals surface area contributed by atoms with Gasteiger partial charge in [-0.05, 0) is 194 Å². The normalized spacial score (nSPS) is 14.5. The third-order valence-electron chi connectivity index (χ3n) is 10.7. The molecule has 1 aromatic heterocycles. The van der Waals surface area contributed by atoms with E-state index in [-0.39, 0.29) is 70.2 Å². The number of aryl methyl sites for hydroxylation is 2. The fourth-order valence-electron chi connectivity index (χ4n) is 7.69. The molecule has 1 aliphatic heterocycles. The number of hydrogen-bond donors (Lipinski definition) is 4. The number of esters is 3. The molecule has 2 rings (SSSR count). The van der Waals surface area contributed by atoms with Crippen molar-refractivity contribution < 1.29 is 81.2 Å². The van der Waals surface area contributed by atoms with Crippen LogP contribution < -0.4 is 21.3 Å². The van der Waals surface area contributed by atoms with Crippen LogP contribution in [0, 0.1) is 0 Å². The van der Waals surface area contributed by atoms with Crippen molar-refractivity contribution in [2.75, 3.05) is 6.54 Å². The molecule has 2 heterocycles. The minimum Gasteiger partial charge on any atom is -0.458 e. The zero-order chi connectivity index (χ0) is 60.5. The highest BCUT2D eigenvalue weighted by molar-refractivity contribution is 6.01. The second kappa shape index (κ2) is 29.2. The van der Waals surface area contributed by atoms with Crippen LogP contribution in [0.4, 0.5) is 14.4 Å². The van der Waals surface area contributed by atoms with Crippen molar-refractivity contribution in [2.45, 2.75) is 266 Å². The van der Waals surface area contributed by atoms with Crippen molar-refractivity contribution in [2.24, 2.45) is 0 Å². The molecule has 1 aliphatic rings. The summed E-state index contributed by atoms with van der Waals surface area (Å²) < 4.78 is 35.3. The summed E-state index contributed by atoms with van der Waals surface area (Å²) in [6, 6.07) is -3.61. The molecular weight excluding hydrogens is 1030 g/mol. The molecule has 0 radical (unpaired) electrons. The molecule has 79 heavy (non-hydrogen) atoms. The van der Waals surface area contributed by atoms with E-state index in [9.17, 15) is 47.9 Å². The molecule has 0 aliphatic carbocycles.